The van der Waals surface area contributed by atoms with Crippen LogP contribution in [0, 0.1) is 0 Å². The van der Waals surface area contributed by atoms with Gasteiger partial charge >= 0.3 is 6.03 Å². The maximum absolute atomic E-state index is 11.9. The lowest BCUT2D eigenvalue weighted by atomic mass is 10.2. The number of ether oxygens (including phenoxy) is 1. The van der Waals surface area contributed by atoms with E-state index in [0.29, 0.717) is 24.6 Å². The summed E-state index contributed by atoms with van der Waals surface area (Å²) in [5, 5.41) is 5.47. The summed E-state index contributed by atoms with van der Waals surface area (Å²) >= 11 is 0. The van der Waals surface area contributed by atoms with Gasteiger partial charge in [-0.2, -0.15) is 0 Å². The highest BCUT2D eigenvalue weighted by Gasteiger charge is 2.07. The van der Waals surface area contributed by atoms with Crippen molar-refractivity contribution in [1.29, 1.82) is 0 Å². The Labute approximate surface area is 138 Å². The SMILES string of the molecule is C[S@](=O)CCNC(=O)Nc1ccccc1COc1ccccc1. The molecule has 0 unspecified atom stereocenters. The Kier molecular flexibility index (Phi) is 6.62. The molecule has 6 heteroatoms. The predicted octanol–water partition coefficient (Wildman–Crippen LogP) is 2.77. The van der Waals surface area contributed by atoms with Gasteiger partial charge in [0, 0.05) is 40.6 Å². The number of rotatable bonds is 7. The fourth-order valence-electron chi connectivity index (χ4n) is 1.92. The molecule has 0 aliphatic heterocycles. The third-order valence-corrected chi connectivity index (χ3v) is 3.86. The molecular weight excluding hydrogens is 312 g/mol. The van der Waals surface area contributed by atoms with Crippen LogP contribution in [0.15, 0.2) is 54.6 Å². The van der Waals surface area contributed by atoms with Crippen molar-refractivity contribution in [2.45, 2.75) is 6.61 Å². The van der Waals surface area contributed by atoms with E-state index < -0.39 is 10.8 Å². The van der Waals surface area contributed by atoms with E-state index in [9.17, 15) is 9.00 Å². The van der Waals surface area contributed by atoms with Crippen molar-refractivity contribution < 1.29 is 13.7 Å². The van der Waals surface area contributed by atoms with E-state index in [2.05, 4.69) is 10.6 Å². The third kappa shape index (κ3) is 6.12. The van der Waals surface area contributed by atoms with Gasteiger partial charge in [0.05, 0.1) is 0 Å². The van der Waals surface area contributed by atoms with Crippen molar-refractivity contribution in [3.63, 3.8) is 0 Å². The van der Waals surface area contributed by atoms with E-state index in [1.165, 1.54) is 0 Å². The summed E-state index contributed by atoms with van der Waals surface area (Å²) in [6, 6.07) is 16.7. The first-order chi connectivity index (χ1) is 11.1. The second-order valence-corrected chi connectivity index (χ2v) is 6.47. The fraction of sp³-hybridized carbons (Fsp3) is 0.235. The smallest absolute Gasteiger partial charge is 0.319 e. The molecule has 0 bridgehead atoms. The zero-order valence-corrected chi connectivity index (χ0v) is 13.8. The fourth-order valence-corrected chi connectivity index (χ4v) is 2.31. The molecule has 122 valence electrons. The minimum Gasteiger partial charge on any atom is -0.489 e. The number of benzene rings is 2. The van der Waals surface area contributed by atoms with Crippen LogP contribution < -0.4 is 15.4 Å². The average Bonchev–Trinajstić information content (AvgIpc) is 2.54. The summed E-state index contributed by atoms with van der Waals surface area (Å²) in [5.41, 5.74) is 1.57. The third-order valence-electron chi connectivity index (χ3n) is 3.08. The van der Waals surface area contributed by atoms with Crippen LogP contribution in [0.5, 0.6) is 5.75 Å². The van der Waals surface area contributed by atoms with Gasteiger partial charge in [-0.3, -0.25) is 4.21 Å². The Morgan fingerprint density at radius 3 is 2.52 bits per heavy atom. The number of nitrogens with one attached hydrogen (secondary N) is 2. The Morgan fingerprint density at radius 2 is 1.78 bits per heavy atom. The number of carbonyl (C=O) groups excluding carboxylic acids is 1. The van der Waals surface area contributed by atoms with Crippen LogP contribution >= 0.6 is 0 Å². The molecule has 23 heavy (non-hydrogen) atoms. The molecule has 2 aromatic rings. The molecule has 0 fully saturated rings. The van der Waals surface area contributed by atoms with Gasteiger partial charge in [0.25, 0.3) is 0 Å². The van der Waals surface area contributed by atoms with Crippen molar-refractivity contribution in [1.82, 2.24) is 5.32 Å². The van der Waals surface area contributed by atoms with E-state index in [0.717, 1.165) is 11.3 Å². The van der Waals surface area contributed by atoms with Gasteiger partial charge in [0.1, 0.15) is 12.4 Å². The molecule has 5 nitrogen and oxygen atoms in total. The first kappa shape index (κ1) is 17.0. The van der Waals surface area contributed by atoms with Crippen LogP contribution in [0.3, 0.4) is 0 Å². The van der Waals surface area contributed by atoms with Crippen molar-refractivity contribution in [3.8, 4) is 5.75 Å². The Balaban J connectivity index is 1.92. The Hall–Kier alpha value is -2.34. The van der Waals surface area contributed by atoms with Crippen LogP contribution in [0.4, 0.5) is 10.5 Å². The average molecular weight is 332 g/mol. The van der Waals surface area contributed by atoms with Crippen LogP contribution in [0.2, 0.25) is 0 Å². The van der Waals surface area contributed by atoms with Gasteiger partial charge in [-0.05, 0) is 18.2 Å². The Morgan fingerprint density at radius 1 is 1.09 bits per heavy atom. The zero-order valence-electron chi connectivity index (χ0n) is 13.0. The summed E-state index contributed by atoms with van der Waals surface area (Å²) < 4.78 is 16.7. The van der Waals surface area contributed by atoms with Gasteiger partial charge in [-0.25, -0.2) is 4.79 Å². The lowest BCUT2D eigenvalue weighted by molar-refractivity contribution is 0.252. The summed E-state index contributed by atoms with van der Waals surface area (Å²) in [4.78, 5) is 11.9. The number of para-hydroxylation sites is 2. The van der Waals surface area contributed by atoms with Crippen LogP contribution in [-0.2, 0) is 17.4 Å². The summed E-state index contributed by atoms with van der Waals surface area (Å²) in [6.07, 6.45) is 1.61. The first-order valence-corrected chi connectivity index (χ1v) is 8.98. The number of urea groups is 1. The molecule has 0 aliphatic carbocycles. The van der Waals surface area contributed by atoms with Crippen LogP contribution in [-0.4, -0.2) is 28.8 Å². The molecule has 2 aromatic carbocycles. The number of amides is 2. The van der Waals surface area contributed by atoms with Crippen molar-refractivity contribution in [3.05, 3.63) is 60.2 Å². The van der Waals surface area contributed by atoms with Gasteiger partial charge in [-0.15, -0.1) is 0 Å². The van der Waals surface area contributed by atoms with E-state index >= 15 is 0 Å². The summed E-state index contributed by atoms with van der Waals surface area (Å²) in [7, 11) is -0.920. The molecule has 0 radical (unpaired) electrons. The molecule has 1 atom stereocenters. The molecule has 2 rings (SSSR count). The van der Waals surface area contributed by atoms with E-state index in [1.54, 1.807) is 6.26 Å². The van der Waals surface area contributed by atoms with Crippen molar-refractivity contribution in [2.24, 2.45) is 0 Å². The number of hydrogen-bond donors (Lipinski definition) is 2. The number of carbonyl (C=O) groups is 1. The second-order valence-electron chi connectivity index (χ2n) is 4.92. The zero-order chi connectivity index (χ0) is 16.5. The highest BCUT2D eigenvalue weighted by atomic mass is 32.2. The molecule has 0 aliphatic rings. The van der Waals surface area contributed by atoms with Crippen molar-refractivity contribution >= 4 is 22.5 Å². The molecule has 2 amide bonds. The molecule has 0 spiro atoms. The number of hydrogen-bond acceptors (Lipinski definition) is 3. The lowest BCUT2D eigenvalue weighted by Gasteiger charge is -2.12. The van der Waals surface area contributed by atoms with Gasteiger partial charge in [0.2, 0.25) is 0 Å². The first-order valence-electron chi connectivity index (χ1n) is 7.26. The molecule has 2 N–H and O–H groups in total. The molecule has 0 heterocycles. The molecule has 0 saturated carbocycles. The highest BCUT2D eigenvalue weighted by Crippen LogP contribution is 2.18. The summed E-state index contributed by atoms with van der Waals surface area (Å²) in [5.74, 6) is 1.21. The molecule has 0 saturated heterocycles. The quantitative estimate of drug-likeness (QED) is 0.819. The minimum atomic E-state index is -0.920. The van der Waals surface area contributed by atoms with E-state index in [4.69, 9.17) is 4.74 Å². The maximum Gasteiger partial charge on any atom is 0.319 e. The monoisotopic (exact) mass is 332 g/mol. The largest absolute Gasteiger partial charge is 0.489 e. The van der Waals surface area contributed by atoms with E-state index in [-0.39, 0.29) is 6.03 Å². The normalized spacial score (nSPS) is 11.5. The standard InChI is InChI=1S/C17H20N2O3S/c1-23(21)12-11-18-17(20)19-16-10-6-5-7-14(16)13-22-15-8-3-2-4-9-15/h2-10H,11-13H2,1H3,(H2,18,19,20)/t23-/m0/s1. The molecular formula is C17H20N2O3S. The summed E-state index contributed by atoms with van der Waals surface area (Å²) in [6.45, 7) is 0.733. The predicted molar refractivity (Wildman–Crippen MR) is 93.2 cm³/mol. The van der Waals surface area contributed by atoms with Crippen molar-refractivity contribution in [2.75, 3.05) is 23.9 Å². The van der Waals surface area contributed by atoms with Gasteiger partial charge in [-0.1, -0.05) is 36.4 Å². The second kappa shape index (κ2) is 8.95. The van der Waals surface area contributed by atoms with Crippen LogP contribution in [0.25, 0.3) is 0 Å². The lowest BCUT2D eigenvalue weighted by Crippen LogP contribution is -2.32. The number of anilines is 1. The van der Waals surface area contributed by atoms with Gasteiger partial charge in [0.15, 0.2) is 0 Å². The topological polar surface area (TPSA) is 67.4 Å². The maximum atomic E-state index is 11.9. The molecule has 0 aromatic heterocycles. The van der Waals surface area contributed by atoms with Crippen LogP contribution in [0.1, 0.15) is 5.56 Å². The Bertz CT molecular complexity index is 662. The van der Waals surface area contributed by atoms with Gasteiger partial charge < -0.3 is 15.4 Å². The highest BCUT2D eigenvalue weighted by molar-refractivity contribution is 7.84. The van der Waals surface area contributed by atoms with E-state index in [1.807, 2.05) is 54.6 Å². The minimum absolute atomic E-state index is 0.317.